The molecule has 0 atom stereocenters. The van der Waals surface area contributed by atoms with E-state index in [2.05, 4.69) is 114 Å². The van der Waals surface area contributed by atoms with E-state index >= 15 is 0 Å². The summed E-state index contributed by atoms with van der Waals surface area (Å²) in [6.07, 6.45) is 6.55. The van der Waals surface area contributed by atoms with Gasteiger partial charge in [-0.25, -0.2) is 4.57 Å². The first-order chi connectivity index (χ1) is 14.2. The highest BCUT2D eigenvalue weighted by molar-refractivity contribution is 6.08. The van der Waals surface area contributed by atoms with Gasteiger partial charge in [-0.05, 0) is 35.4 Å². The molecular formula is C28H30N2. The molecule has 2 aromatic heterocycles. The molecule has 2 heterocycles. The summed E-state index contributed by atoms with van der Waals surface area (Å²) in [6.45, 7) is 4.00. The van der Waals surface area contributed by atoms with Crippen molar-refractivity contribution in [2.45, 2.75) is 13.8 Å². The van der Waals surface area contributed by atoms with Gasteiger partial charge in [-0.15, -0.1) is 0 Å². The number of benzene rings is 3. The Morgan fingerprint density at radius 1 is 0.733 bits per heavy atom. The van der Waals surface area contributed by atoms with Gasteiger partial charge in [0.25, 0.3) is 0 Å². The van der Waals surface area contributed by atoms with Gasteiger partial charge in [0.15, 0.2) is 6.20 Å². The first-order valence-corrected chi connectivity index (χ1v) is 10.2. The first kappa shape index (κ1) is 21.3. The maximum absolute atomic E-state index is 2.29. The van der Waals surface area contributed by atoms with E-state index in [1.807, 2.05) is 13.8 Å². The molecule has 0 radical (unpaired) electrons. The third kappa shape index (κ3) is 3.61. The van der Waals surface area contributed by atoms with Gasteiger partial charge in [0.2, 0.25) is 5.52 Å². The quantitative estimate of drug-likeness (QED) is 0.226. The van der Waals surface area contributed by atoms with E-state index in [0.717, 1.165) is 0 Å². The molecule has 0 saturated heterocycles. The van der Waals surface area contributed by atoms with Crippen molar-refractivity contribution in [1.29, 1.82) is 0 Å². The highest BCUT2D eigenvalue weighted by Gasteiger charge is 2.08. The van der Waals surface area contributed by atoms with Gasteiger partial charge in [-0.2, -0.15) is 0 Å². The predicted octanol–water partition coefficient (Wildman–Crippen LogP) is 6.96. The van der Waals surface area contributed by atoms with Crippen LogP contribution in [-0.4, -0.2) is 4.57 Å². The molecule has 0 unspecified atom stereocenters. The van der Waals surface area contributed by atoms with Crippen molar-refractivity contribution < 1.29 is 4.57 Å². The molecule has 0 aliphatic heterocycles. The standard InChI is InChI=1S/C25H21N2.C2H6.CH3/c1-26-16-15-19(20-7-3-5-9-23(20)26)13-11-18-12-14-25-22(17-18)21-8-4-6-10-24(21)27(25)2;1-2;/h3-17H,1-2H3;1-2H3;1H3/q+1;;-1. The fourth-order valence-corrected chi connectivity index (χ4v) is 4.01. The highest BCUT2D eigenvalue weighted by Crippen LogP contribution is 2.29. The molecule has 5 rings (SSSR count). The molecule has 2 nitrogen and oxygen atoms in total. The van der Waals surface area contributed by atoms with Crippen molar-refractivity contribution >= 4 is 44.9 Å². The van der Waals surface area contributed by atoms with E-state index in [1.165, 1.54) is 43.8 Å². The second-order valence-corrected chi connectivity index (χ2v) is 7.09. The summed E-state index contributed by atoms with van der Waals surface area (Å²) < 4.78 is 4.43. The Balaban J connectivity index is 0.000000830. The number of fused-ring (bicyclic) bond motifs is 4. The van der Waals surface area contributed by atoms with Crippen LogP contribution in [0.5, 0.6) is 0 Å². The fourth-order valence-electron chi connectivity index (χ4n) is 4.01. The van der Waals surface area contributed by atoms with E-state index in [0.29, 0.717) is 0 Å². The lowest BCUT2D eigenvalue weighted by Gasteiger charge is -2.01. The van der Waals surface area contributed by atoms with Crippen LogP contribution in [0.25, 0.3) is 44.9 Å². The molecule has 2 heteroatoms. The number of pyridine rings is 1. The van der Waals surface area contributed by atoms with Crippen LogP contribution in [0.3, 0.4) is 0 Å². The van der Waals surface area contributed by atoms with Crippen molar-refractivity contribution in [2.75, 3.05) is 0 Å². The SMILES string of the molecule is CC.Cn1c2ccccc2c2cc(/C=C/c3cc[n+](C)c4ccccc34)ccc21.[CH3-]. The molecule has 0 amide bonds. The molecule has 0 fully saturated rings. The van der Waals surface area contributed by atoms with Crippen molar-refractivity contribution in [2.24, 2.45) is 14.1 Å². The van der Waals surface area contributed by atoms with Crippen LogP contribution < -0.4 is 4.57 Å². The average molecular weight is 395 g/mol. The van der Waals surface area contributed by atoms with Crippen LogP contribution >= 0.6 is 0 Å². The van der Waals surface area contributed by atoms with E-state index < -0.39 is 0 Å². The van der Waals surface area contributed by atoms with Crippen LogP contribution in [-0.2, 0) is 14.1 Å². The van der Waals surface area contributed by atoms with E-state index in [1.54, 1.807) is 0 Å². The number of para-hydroxylation sites is 2. The minimum absolute atomic E-state index is 0. The summed E-state index contributed by atoms with van der Waals surface area (Å²) in [4.78, 5) is 0. The fraction of sp³-hybridized carbons (Fsp3) is 0.143. The Hall–Kier alpha value is -3.39. The number of aromatic nitrogens is 2. The molecule has 5 aromatic rings. The molecule has 152 valence electrons. The average Bonchev–Trinajstić information content (AvgIpc) is 3.07. The lowest BCUT2D eigenvalue weighted by atomic mass is 10.1. The Morgan fingerprint density at radius 2 is 1.40 bits per heavy atom. The summed E-state index contributed by atoms with van der Waals surface area (Å²) in [6, 6.07) is 26.0. The molecule has 0 aliphatic carbocycles. The molecular weight excluding hydrogens is 364 g/mol. The van der Waals surface area contributed by atoms with Crippen LogP contribution in [0.1, 0.15) is 25.0 Å². The minimum atomic E-state index is 0. The van der Waals surface area contributed by atoms with Crippen LogP contribution in [0.4, 0.5) is 0 Å². The second kappa shape index (κ2) is 8.96. The van der Waals surface area contributed by atoms with E-state index in [-0.39, 0.29) is 7.43 Å². The third-order valence-electron chi connectivity index (χ3n) is 5.47. The molecule has 0 saturated carbocycles. The van der Waals surface area contributed by atoms with Crippen molar-refractivity contribution in [3.05, 3.63) is 97.5 Å². The Labute approximate surface area is 179 Å². The molecule has 0 N–H and O–H groups in total. The zero-order valence-electron chi connectivity index (χ0n) is 18.6. The normalized spacial score (nSPS) is 10.9. The maximum atomic E-state index is 2.29. The van der Waals surface area contributed by atoms with Gasteiger partial charge in [-0.1, -0.05) is 62.4 Å². The molecule has 0 bridgehead atoms. The van der Waals surface area contributed by atoms with Gasteiger partial charge in [0.05, 0.1) is 5.39 Å². The second-order valence-electron chi connectivity index (χ2n) is 7.09. The number of hydrogen-bond acceptors (Lipinski definition) is 0. The topological polar surface area (TPSA) is 8.81 Å². The Kier molecular flexibility index (Phi) is 6.37. The summed E-state index contributed by atoms with van der Waals surface area (Å²) in [5.41, 5.74) is 6.24. The minimum Gasteiger partial charge on any atom is -0.358 e. The molecule has 0 aliphatic rings. The maximum Gasteiger partial charge on any atom is 0.212 e. The van der Waals surface area contributed by atoms with Crippen molar-refractivity contribution in [1.82, 2.24) is 4.57 Å². The van der Waals surface area contributed by atoms with E-state index in [9.17, 15) is 0 Å². The zero-order chi connectivity index (χ0) is 20.4. The van der Waals surface area contributed by atoms with E-state index in [4.69, 9.17) is 0 Å². The first-order valence-electron chi connectivity index (χ1n) is 10.2. The van der Waals surface area contributed by atoms with Crippen LogP contribution in [0.2, 0.25) is 0 Å². The molecule has 3 aromatic carbocycles. The van der Waals surface area contributed by atoms with Crippen LogP contribution in [0, 0.1) is 7.43 Å². The zero-order valence-corrected chi connectivity index (χ0v) is 18.6. The summed E-state index contributed by atoms with van der Waals surface area (Å²) in [5.74, 6) is 0. The highest BCUT2D eigenvalue weighted by atomic mass is 14.9. The smallest absolute Gasteiger partial charge is 0.212 e. The van der Waals surface area contributed by atoms with Gasteiger partial charge in [0, 0.05) is 41.0 Å². The number of aryl methyl sites for hydroxylation is 2. The predicted molar refractivity (Wildman–Crippen MR) is 132 cm³/mol. The van der Waals surface area contributed by atoms with Gasteiger partial charge < -0.3 is 12.0 Å². The van der Waals surface area contributed by atoms with Crippen LogP contribution in [0.15, 0.2) is 79.0 Å². The third-order valence-corrected chi connectivity index (χ3v) is 5.47. The summed E-state index contributed by atoms with van der Waals surface area (Å²) in [7, 11) is 4.22. The van der Waals surface area contributed by atoms with Crippen molar-refractivity contribution in [3.63, 3.8) is 0 Å². The Morgan fingerprint density at radius 3 is 2.20 bits per heavy atom. The summed E-state index contributed by atoms with van der Waals surface area (Å²) >= 11 is 0. The van der Waals surface area contributed by atoms with Gasteiger partial charge >= 0.3 is 0 Å². The largest absolute Gasteiger partial charge is 0.358 e. The Bertz CT molecular complexity index is 1340. The molecule has 30 heavy (non-hydrogen) atoms. The monoisotopic (exact) mass is 394 g/mol. The summed E-state index contributed by atoms with van der Waals surface area (Å²) in [5, 5.41) is 3.88. The van der Waals surface area contributed by atoms with Gasteiger partial charge in [-0.3, -0.25) is 0 Å². The number of hydrogen-bond donors (Lipinski definition) is 0. The lowest BCUT2D eigenvalue weighted by Crippen LogP contribution is -2.28. The number of rotatable bonds is 2. The van der Waals surface area contributed by atoms with Crippen molar-refractivity contribution in [3.8, 4) is 0 Å². The van der Waals surface area contributed by atoms with Gasteiger partial charge in [0.1, 0.15) is 7.05 Å². The molecule has 0 spiro atoms. The number of nitrogens with zero attached hydrogens (tertiary/aromatic N) is 2. The lowest BCUT2D eigenvalue weighted by molar-refractivity contribution is -0.644.